The van der Waals surface area contributed by atoms with Crippen molar-refractivity contribution in [2.45, 2.75) is 233 Å². The fraction of sp³-hybridized carbons (Fsp3) is 0.962. The minimum atomic E-state index is -1.86. The maximum Gasteiger partial charge on any atom is 0.187 e. The Bertz CT molecular complexity index is 1940. The molecule has 12 N–H and O–H groups in total. The van der Waals surface area contributed by atoms with E-state index in [0.717, 1.165) is 51.6 Å². The second kappa shape index (κ2) is 21.7. The molecule has 0 amide bonds. The monoisotopic (exact) mass is 1060 g/mol. The third-order valence-corrected chi connectivity index (χ3v) is 20.1. The van der Waals surface area contributed by atoms with E-state index < -0.39 is 161 Å². The zero-order valence-electron chi connectivity index (χ0n) is 43.1. The van der Waals surface area contributed by atoms with Crippen LogP contribution >= 0.6 is 0 Å². The molecule has 31 atom stereocenters. The van der Waals surface area contributed by atoms with Gasteiger partial charge in [0.25, 0.3) is 0 Å². The first-order valence-electron chi connectivity index (χ1n) is 27.3. The lowest BCUT2D eigenvalue weighted by molar-refractivity contribution is -0.371. The van der Waals surface area contributed by atoms with Crippen LogP contribution in [0.4, 0.5) is 0 Å². The number of allylic oxidation sites excluding steroid dienone is 1. The highest BCUT2D eigenvalue weighted by molar-refractivity contribution is 5.26. The van der Waals surface area contributed by atoms with E-state index in [-0.39, 0.29) is 16.9 Å². The first-order chi connectivity index (χ1) is 35.2. The van der Waals surface area contributed by atoms with Gasteiger partial charge >= 0.3 is 0 Å². The van der Waals surface area contributed by atoms with Crippen LogP contribution in [0.2, 0.25) is 0 Å². The van der Waals surface area contributed by atoms with Crippen molar-refractivity contribution in [2.24, 2.45) is 46.3 Å². The molecule has 0 aromatic heterocycles. The van der Waals surface area contributed by atoms with Gasteiger partial charge in [-0.05, 0) is 98.7 Å². The Morgan fingerprint density at radius 1 is 0.595 bits per heavy atom. The van der Waals surface area contributed by atoms with Crippen molar-refractivity contribution in [1.29, 1.82) is 0 Å². The van der Waals surface area contributed by atoms with Crippen molar-refractivity contribution < 1.29 is 109 Å². The summed E-state index contributed by atoms with van der Waals surface area (Å²) in [5, 5.41) is 129. The second-order valence-corrected chi connectivity index (χ2v) is 24.2. The van der Waals surface area contributed by atoms with Gasteiger partial charge in [-0.3, -0.25) is 0 Å². The van der Waals surface area contributed by atoms with Crippen LogP contribution in [-0.4, -0.2) is 235 Å². The average molecular weight is 1060 g/mol. The summed E-state index contributed by atoms with van der Waals surface area (Å²) < 4.78 is 62.3. The van der Waals surface area contributed by atoms with Gasteiger partial charge in [0.15, 0.2) is 24.7 Å². The summed E-state index contributed by atoms with van der Waals surface area (Å²) in [6.45, 7) is 8.91. The zero-order chi connectivity index (χ0) is 52.9. The Kier molecular flexibility index (Phi) is 16.5. The number of ether oxygens (including phenoxy) is 10. The van der Waals surface area contributed by atoms with Crippen LogP contribution in [0.5, 0.6) is 0 Å². The quantitative estimate of drug-likeness (QED) is 0.0948. The fourth-order valence-electron chi connectivity index (χ4n) is 15.7. The summed E-state index contributed by atoms with van der Waals surface area (Å²) in [5.41, 5.74) is 1.36. The van der Waals surface area contributed by atoms with E-state index in [1.165, 1.54) is 12.5 Å². The predicted octanol–water partition coefficient (Wildman–Crippen LogP) is -1.92. The molecular formula is C52H84O22. The summed E-state index contributed by atoms with van der Waals surface area (Å²) in [6.07, 6.45) is -21.0. The van der Waals surface area contributed by atoms with Gasteiger partial charge in [0.2, 0.25) is 0 Å². The largest absolute Gasteiger partial charge is 0.394 e. The van der Waals surface area contributed by atoms with E-state index in [0.29, 0.717) is 48.3 Å². The lowest BCUT2D eigenvalue weighted by atomic mass is 9.47. The van der Waals surface area contributed by atoms with Crippen LogP contribution < -0.4 is 0 Å². The zero-order valence-corrected chi connectivity index (χ0v) is 43.1. The second-order valence-electron chi connectivity index (χ2n) is 24.2. The number of aliphatic hydroxyl groups excluding tert-OH is 12. The van der Waals surface area contributed by atoms with E-state index in [2.05, 4.69) is 33.8 Å². The minimum absolute atomic E-state index is 0.0869. The van der Waals surface area contributed by atoms with E-state index in [1.807, 2.05) is 0 Å². The number of rotatable bonds is 12. The average Bonchev–Trinajstić information content (AvgIpc) is 3.84. The molecule has 6 heterocycles. The van der Waals surface area contributed by atoms with Crippen LogP contribution in [0.3, 0.4) is 0 Å². The predicted molar refractivity (Wildman–Crippen MR) is 252 cm³/mol. The molecule has 0 radical (unpaired) electrons. The van der Waals surface area contributed by atoms with Crippen molar-refractivity contribution in [3.8, 4) is 0 Å². The summed E-state index contributed by atoms with van der Waals surface area (Å²) >= 11 is 0. The fourth-order valence-corrected chi connectivity index (χ4v) is 15.7. The third kappa shape index (κ3) is 9.59. The van der Waals surface area contributed by atoms with Crippen LogP contribution in [0, 0.1) is 46.3 Å². The molecule has 6 aliphatic heterocycles. The van der Waals surface area contributed by atoms with Gasteiger partial charge in [0.05, 0.1) is 51.3 Å². The van der Waals surface area contributed by atoms with Gasteiger partial charge in [-0.2, -0.15) is 0 Å². The molecule has 0 aromatic carbocycles. The first-order valence-corrected chi connectivity index (χ1v) is 27.3. The topological polar surface area (TPSA) is 335 Å². The Morgan fingerprint density at radius 2 is 1.24 bits per heavy atom. The Labute approximate surface area is 431 Å². The van der Waals surface area contributed by atoms with E-state index in [9.17, 15) is 61.3 Å². The minimum Gasteiger partial charge on any atom is -0.394 e. The molecule has 0 aromatic rings. The maximum atomic E-state index is 11.8. The van der Waals surface area contributed by atoms with Crippen LogP contribution in [-0.2, 0) is 47.4 Å². The summed E-state index contributed by atoms with van der Waals surface area (Å²) in [4.78, 5) is 0. The highest BCUT2D eigenvalue weighted by atomic mass is 16.8. The van der Waals surface area contributed by atoms with Crippen molar-refractivity contribution in [2.75, 3.05) is 33.0 Å². The van der Waals surface area contributed by atoms with Gasteiger partial charge in [-0.25, -0.2) is 0 Å². The Balaban J connectivity index is 0.858. The summed E-state index contributed by atoms with van der Waals surface area (Å²) in [7, 11) is 0. The van der Waals surface area contributed by atoms with Gasteiger partial charge in [0.1, 0.15) is 97.7 Å². The van der Waals surface area contributed by atoms with E-state index >= 15 is 0 Å². The standard InChI is InChI=1S/C52H84O22/c1-21-8-13-52(66-19-21)22(2)34-29(74-52)15-28-26-7-6-24-14-25(9-11-50(24,4)27(26)10-12-51(28,34)5)68-49-46(45(38(59)31(17-54)71-49)73-47-42(63)39(60)35(56)23(3)67-47)65-20-33-37(58)41(62)44(32(18-55)69-33)72-48-43(64)40(61)36(57)30(16-53)70-48/h6,21-23,25-49,53-64H,7-20H2,1-5H3/t21?,22-,23-,25?,26?,27?,28?,29?,30-,31+,32+,33-,34?,35-,36+,37-,38+,39+,40+,41+,42+,43-,44+,45-,46+,47-,48+,49+,50-,51-,52+/m0/s1. The molecule has 4 aliphatic carbocycles. The highest BCUT2D eigenvalue weighted by Crippen LogP contribution is 2.71. The number of aliphatic hydroxyl groups is 12. The molecule has 7 unspecified atom stereocenters. The van der Waals surface area contributed by atoms with E-state index in [4.69, 9.17) is 47.4 Å². The molecule has 10 aliphatic rings. The molecule has 1 spiro atoms. The molecular weight excluding hydrogens is 977 g/mol. The molecule has 22 nitrogen and oxygen atoms in total. The SMILES string of the molecule is CC1CC[C@@]2(OC1)OC1CC3C4CC=C5CC(O[C@@H]6O[C@H](CO)[C@@H](O)[C@H](O[C@@H]7O[C@@H](C)[C@H](O)[C@@H](O)[C@H]7O)[C@H]6OC[C@@H]6O[C@H](CO)[C@@H](O[C@H]7O[C@@H](CO)[C@@H](O)[C@@H](O)[C@@H]7O)[C@H](O)[C@H]6O)CC[C@]5(C)C4CC[C@]3(C)C1[C@@H]2C. The molecule has 424 valence electrons. The smallest absolute Gasteiger partial charge is 0.187 e. The Hall–Kier alpha value is -1.14. The third-order valence-electron chi connectivity index (χ3n) is 20.1. The number of fused-ring (bicyclic) bond motifs is 7. The van der Waals surface area contributed by atoms with Gasteiger partial charge < -0.3 is 109 Å². The number of hydrogen-bond acceptors (Lipinski definition) is 22. The van der Waals surface area contributed by atoms with Crippen molar-refractivity contribution in [3.05, 3.63) is 11.6 Å². The molecule has 0 bridgehead atoms. The van der Waals surface area contributed by atoms with Crippen LogP contribution in [0.25, 0.3) is 0 Å². The van der Waals surface area contributed by atoms with Crippen molar-refractivity contribution in [1.82, 2.24) is 0 Å². The van der Waals surface area contributed by atoms with Gasteiger partial charge in [-0.15, -0.1) is 0 Å². The van der Waals surface area contributed by atoms with Crippen LogP contribution in [0.15, 0.2) is 11.6 Å². The Morgan fingerprint density at radius 3 is 1.93 bits per heavy atom. The lowest BCUT2D eigenvalue weighted by Gasteiger charge is -2.58. The molecule has 22 heteroatoms. The molecule has 6 saturated heterocycles. The van der Waals surface area contributed by atoms with E-state index in [1.54, 1.807) is 0 Å². The van der Waals surface area contributed by atoms with Gasteiger partial charge in [0, 0.05) is 12.3 Å². The number of hydrogen-bond donors (Lipinski definition) is 12. The lowest BCUT2D eigenvalue weighted by Crippen LogP contribution is -2.66. The summed E-state index contributed by atoms with van der Waals surface area (Å²) in [6, 6.07) is 0. The van der Waals surface area contributed by atoms with Gasteiger partial charge in [-0.1, -0.05) is 39.3 Å². The molecule has 74 heavy (non-hydrogen) atoms. The van der Waals surface area contributed by atoms with Crippen molar-refractivity contribution >= 4 is 0 Å². The van der Waals surface area contributed by atoms with Crippen molar-refractivity contribution in [3.63, 3.8) is 0 Å². The first kappa shape index (κ1) is 56.1. The maximum absolute atomic E-state index is 11.8. The normalized spacial score (nSPS) is 56.5. The molecule has 10 rings (SSSR count). The van der Waals surface area contributed by atoms with Crippen LogP contribution in [0.1, 0.15) is 92.4 Å². The summed E-state index contributed by atoms with van der Waals surface area (Å²) in [5.74, 6) is 2.33. The molecule has 9 fully saturated rings. The highest BCUT2D eigenvalue weighted by Gasteiger charge is 2.69. The molecule has 3 saturated carbocycles.